The SMILES string of the molecule is Cc1c(C(=O)O)nn(-c2cccc(F)c2)c1Oc1ccc(NC(=O)c2cccs2)cc1S(=O)(=O)NCc1ccco1. The van der Waals surface area contributed by atoms with Crippen LogP contribution in [0.2, 0.25) is 0 Å². The zero-order valence-electron chi connectivity index (χ0n) is 21.2. The maximum absolute atomic E-state index is 14.0. The minimum Gasteiger partial charge on any atom is -0.476 e. The summed E-state index contributed by atoms with van der Waals surface area (Å²) in [7, 11) is -4.30. The van der Waals surface area contributed by atoms with E-state index in [0.717, 1.165) is 10.7 Å². The summed E-state index contributed by atoms with van der Waals surface area (Å²) in [5.41, 5.74) is 0.0136. The maximum Gasteiger partial charge on any atom is 0.356 e. The number of carboxylic acids is 1. The molecule has 41 heavy (non-hydrogen) atoms. The lowest BCUT2D eigenvalue weighted by Crippen LogP contribution is -2.24. The van der Waals surface area contributed by atoms with Gasteiger partial charge in [-0.1, -0.05) is 12.1 Å². The highest BCUT2D eigenvalue weighted by molar-refractivity contribution is 7.89. The van der Waals surface area contributed by atoms with Crippen molar-refractivity contribution in [2.75, 3.05) is 5.32 Å². The number of hydrogen-bond donors (Lipinski definition) is 3. The first-order chi connectivity index (χ1) is 19.6. The van der Waals surface area contributed by atoms with Crippen molar-refractivity contribution < 1.29 is 36.7 Å². The molecule has 0 spiro atoms. The van der Waals surface area contributed by atoms with Gasteiger partial charge in [0, 0.05) is 11.3 Å². The molecular formula is C27H21FN4O7S2. The number of aromatic nitrogens is 2. The number of anilines is 1. The van der Waals surface area contributed by atoms with Gasteiger partial charge in [-0.2, -0.15) is 9.78 Å². The van der Waals surface area contributed by atoms with Crippen LogP contribution in [-0.2, 0) is 16.6 Å². The van der Waals surface area contributed by atoms with E-state index in [4.69, 9.17) is 9.15 Å². The predicted molar refractivity (Wildman–Crippen MR) is 147 cm³/mol. The molecule has 2 aromatic carbocycles. The number of carbonyl (C=O) groups excluding carboxylic acids is 1. The normalized spacial score (nSPS) is 11.4. The van der Waals surface area contributed by atoms with Gasteiger partial charge in [0.2, 0.25) is 15.9 Å². The molecule has 0 aliphatic carbocycles. The van der Waals surface area contributed by atoms with Crippen molar-refractivity contribution in [1.29, 1.82) is 0 Å². The Morgan fingerprint density at radius 2 is 1.95 bits per heavy atom. The number of sulfonamides is 1. The molecule has 210 valence electrons. The molecule has 1 amide bonds. The van der Waals surface area contributed by atoms with E-state index in [9.17, 15) is 27.5 Å². The molecular weight excluding hydrogens is 575 g/mol. The Labute approximate surface area is 236 Å². The highest BCUT2D eigenvalue weighted by Gasteiger charge is 2.27. The van der Waals surface area contributed by atoms with Gasteiger partial charge in [0.25, 0.3) is 5.91 Å². The molecule has 14 heteroatoms. The van der Waals surface area contributed by atoms with Crippen molar-refractivity contribution in [2.45, 2.75) is 18.4 Å². The molecule has 0 saturated carbocycles. The number of carbonyl (C=O) groups is 2. The Hall–Kier alpha value is -4.79. The van der Waals surface area contributed by atoms with Gasteiger partial charge in [-0.3, -0.25) is 4.79 Å². The van der Waals surface area contributed by atoms with E-state index in [0.29, 0.717) is 10.6 Å². The van der Waals surface area contributed by atoms with Gasteiger partial charge in [0.1, 0.15) is 22.2 Å². The molecule has 0 fully saturated rings. The first-order valence-electron chi connectivity index (χ1n) is 11.9. The van der Waals surface area contributed by atoms with Gasteiger partial charge in [-0.05, 0) is 66.9 Å². The summed E-state index contributed by atoms with van der Waals surface area (Å²) in [5, 5.41) is 18.1. The van der Waals surface area contributed by atoms with Gasteiger partial charge >= 0.3 is 5.97 Å². The average molecular weight is 597 g/mol. The molecule has 3 aromatic heterocycles. The molecule has 0 saturated heterocycles. The van der Waals surface area contributed by atoms with Crippen LogP contribution in [0.3, 0.4) is 0 Å². The van der Waals surface area contributed by atoms with Crippen LogP contribution in [0.15, 0.2) is 87.7 Å². The monoisotopic (exact) mass is 596 g/mol. The van der Waals surface area contributed by atoms with E-state index in [1.165, 1.54) is 60.9 Å². The lowest BCUT2D eigenvalue weighted by atomic mass is 10.2. The number of aromatic carboxylic acids is 1. The summed E-state index contributed by atoms with van der Waals surface area (Å²) < 4.78 is 55.7. The molecule has 0 radical (unpaired) electrons. The fourth-order valence-electron chi connectivity index (χ4n) is 3.83. The predicted octanol–water partition coefficient (Wildman–Crippen LogP) is 5.20. The lowest BCUT2D eigenvalue weighted by molar-refractivity contribution is 0.0689. The minimum absolute atomic E-state index is 0.0729. The van der Waals surface area contributed by atoms with Crippen LogP contribution >= 0.6 is 11.3 Å². The standard InChI is InChI=1S/C27H21FN4O7S2/c1-16-24(27(34)35)31-32(19-6-2-5-17(28)13-19)26(16)39-21-10-9-18(30-25(33)22-8-4-12-40-22)14-23(21)41(36,37)29-15-20-7-3-11-38-20/h2-14,29H,15H2,1H3,(H,30,33)(H,34,35). The van der Waals surface area contributed by atoms with Gasteiger partial charge in [0.15, 0.2) is 5.69 Å². The van der Waals surface area contributed by atoms with Crippen LogP contribution in [0.5, 0.6) is 11.6 Å². The number of nitrogens with zero attached hydrogens (tertiary/aromatic N) is 2. The molecule has 0 aliphatic rings. The number of carboxylic acid groups (broad SMARTS) is 1. The van der Waals surface area contributed by atoms with Crippen molar-refractivity contribution in [3.05, 3.63) is 106 Å². The fraction of sp³-hybridized carbons (Fsp3) is 0.0741. The average Bonchev–Trinajstić information content (AvgIpc) is 3.71. The smallest absolute Gasteiger partial charge is 0.356 e. The first kappa shape index (κ1) is 27.8. The zero-order chi connectivity index (χ0) is 29.1. The Balaban J connectivity index is 1.58. The quantitative estimate of drug-likeness (QED) is 0.199. The third-order valence-electron chi connectivity index (χ3n) is 5.78. The molecule has 5 rings (SSSR count). The van der Waals surface area contributed by atoms with Crippen LogP contribution < -0.4 is 14.8 Å². The van der Waals surface area contributed by atoms with Gasteiger partial charge in [0.05, 0.1) is 23.4 Å². The fourth-order valence-corrected chi connectivity index (χ4v) is 5.59. The molecule has 0 bridgehead atoms. The minimum atomic E-state index is -4.30. The van der Waals surface area contributed by atoms with E-state index in [-0.39, 0.29) is 45.7 Å². The highest BCUT2D eigenvalue weighted by atomic mass is 32.2. The van der Waals surface area contributed by atoms with Gasteiger partial charge in [-0.15, -0.1) is 11.3 Å². The first-order valence-corrected chi connectivity index (χ1v) is 14.3. The van der Waals surface area contributed by atoms with E-state index >= 15 is 0 Å². The summed E-state index contributed by atoms with van der Waals surface area (Å²) in [6.45, 7) is 1.25. The van der Waals surface area contributed by atoms with Crippen molar-refractivity contribution >= 4 is 38.9 Å². The number of halogens is 1. The molecule has 0 aliphatic heterocycles. The lowest BCUT2D eigenvalue weighted by Gasteiger charge is -2.16. The van der Waals surface area contributed by atoms with Gasteiger partial charge in [-0.25, -0.2) is 22.3 Å². The molecule has 3 heterocycles. The van der Waals surface area contributed by atoms with Crippen LogP contribution in [0.1, 0.15) is 31.5 Å². The Morgan fingerprint density at radius 3 is 2.63 bits per heavy atom. The second kappa shape index (κ2) is 11.4. The van der Waals surface area contributed by atoms with Crippen molar-refractivity contribution in [1.82, 2.24) is 14.5 Å². The molecule has 11 nitrogen and oxygen atoms in total. The Kier molecular flexibility index (Phi) is 7.70. The maximum atomic E-state index is 14.0. The third kappa shape index (κ3) is 6.04. The summed E-state index contributed by atoms with van der Waals surface area (Å²) in [4.78, 5) is 24.5. The Morgan fingerprint density at radius 1 is 1.12 bits per heavy atom. The molecule has 5 aromatic rings. The number of amides is 1. The van der Waals surface area contributed by atoms with Gasteiger partial charge < -0.3 is 19.6 Å². The largest absolute Gasteiger partial charge is 0.476 e. The van der Waals surface area contributed by atoms with Crippen molar-refractivity contribution in [3.63, 3.8) is 0 Å². The van der Waals surface area contributed by atoms with E-state index in [2.05, 4.69) is 15.1 Å². The molecule has 0 unspecified atom stereocenters. The number of furan rings is 1. The summed E-state index contributed by atoms with van der Waals surface area (Å²) in [6.07, 6.45) is 1.40. The highest BCUT2D eigenvalue weighted by Crippen LogP contribution is 2.35. The van der Waals surface area contributed by atoms with E-state index in [1.807, 2.05) is 0 Å². The molecule has 3 N–H and O–H groups in total. The number of ether oxygens (including phenoxy) is 1. The Bertz CT molecular complexity index is 1830. The van der Waals surface area contributed by atoms with Crippen LogP contribution in [-0.4, -0.2) is 35.2 Å². The van der Waals surface area contributed by atoms with Crippen LogP contribution in [0, 0.1) is 12.7 Å². The molecule has 0 atom stereocenters. The summed E-state index contributed by atoms with van der Waals surface area (Å²) in [6, 6.07) is 15.7. The van der Waals surface area contributed by atoms with Crippen molar-refractivity contribution in [2.24, 2.45) is 0 Å². The van der Waals surface area contributed by atoms with E-state index in [1.54, 1.807) is 29.6 Å². The number of thiophene rings is 1. The zero-order valence-corrected chi connectivity index (χ0v) is 22.8. The van der Waals surface area contributed by atoms with Crippen LogP contribution in [0.4, 0.5) is 10.1 Å². The van der Waals surface area contributed by atoms with Crippen molar-refractivity contribution in [3.8, 4) is 17.3 Å². The summed E-state index contributed by atoms with van der Waals surface area (Å²) >= 11 is 1.22. The second-order valence-corrected chi connectivity index (χ2v) is 11.3. The van der Waals surface area contributed by atoms with E-state index < -0.39 is 27.7 Å². The third-order valence-corrected chi connectivity index (χ3v) is 8.07. The topological polar surface area (TPSA) is 153 Å². The number of benzene rings is 2. The number of hydrogen-bond acceptors (Lipinski definition) is 8. The van der Waals surface area contributed by atoms with Crippen LogP contribution in [0.25, 0.3) is 5.69 Å². The number of rotatable bonds is 10. The number of nitrogens with one attached hydrogen (secondary N) is 2. The second-order valence-electron chi connectivity index (χ2n) is 8.57. The summed E-state index contributed by atoms with van der Waals surface area (Å²) in [5.74, 6) is -2.40.